The van der Waals surface area contributed by atoms with Crippen molar-refractivity contribution in [3.8, 4) is 16.9 Å². The zero-order chi connectivity index (χ0) is 13.0. The molecule has 0 radical (unpaired) electrons. The molecule has 0 unspecified atom stereocenters. The van der Waals surface area contributed by atoms with E-state index in [0.29, 0.717) is 6.42 Å². The highest BCUT2D eigenvalue weighted by Gasteiger charge is 2.05. The zero-order valence-electron chi connectivity index (χ0n) is 10.2. The largest absolute Gasteiger partial charge is 0.494 e. The van der Waals surface area contributed by atoms with Crippen LogP contribution in [0.25, 0.3) is 11.1 Å². The van der Waals surface area contributed by atoms with Gasteiger partial charge in [0.25, 0.3) is 0 Å². The van der Waals surface area contributed by atoms with Gasteiger partial charge in [0.15, 0.2) is 11.6 Å². The van der Waals surface area contributed by atoms with Crippen LogP contribution in [0.3, 0.4) is 0 Å². The van der Waals surface area contributed by atoms with Gasteiger partial charge in [-0.15, -0.1) is 0 Å². The molecule has 0 heterocycles. The van der Waals surface area contributed by atoms with Crippen LogP contribution in [0, 0.1) is 5.82 Å². The lowest BCUT2D eigenvalue weighted by molar-refractivity contribution is 0.299. The smallest absolute Gasteiger partial charge is 0.165 e. The van der Waals surface area contributed by atoms with Crippen molar-refractivity contribution >= 4 is 0 Å². The zero-order valence-corrected chi connectivity index (χ0v) is 10.2. The summed E-state index contributed by atoms with van der Waals surface area (Å²) < 4.78 is 18.5. The lowest BCUT2D eigenvalue weighted by Crippen LogP contribution is -1.91. The van der Waals surface area contributed by atoms with Gasteiger partial charge in [0.2, 0.25) is 0 Å². The fourth-order valence-electron chi connectivity index (χ4n) is 1.84. The summed E-state index contributed by atoms with van der Waals surface area (Å²) in [5.74, 6) is -0.120. The maximum atomic E-state index is 13.6. The van der Waals surface area contributed by atoms with E-state index in [-0.39, 0.29) is 18.2 Å². The maximum absolute atomic E-state index is 13.6. The fraction of sp³-hybridized carbons (Fsp3) is 0.200. The van der Waals surface area contributed by atoms with Crippen molar-refractivity contribution in [3.05, 3.63) is 53.8 Å². The monoisotopic (exact) mass is 246 g/mol. The molecule has 2 aromatic rings. The second kappa shape index (κ2) is 5.65. The number of methoxy groups -OCH3 is 1. The molecule has 0 saturated carbocycles. The third-order valence-corrected chi connectivity index (χ3v) is 2.84. The number of halogens is 1. The van der Waals surface area contributed by atoms with Gasteiger partial charge in [-0.25, -0.2) is 4.39 Å². The summed E-state index contributed by atoms with van der Waals surface area (Å²) in [6.45, 7) is 0.135. The first kappa shape index (κ1) is 12.6. The quantitative estimate of drug-likeness (QED) is 0.898. The molecule has 0 atom stereocenters. The standard InChI is InChI=1S/C15H15FO2/c1-18-15-7-6-13(10-14(15)16)12-4-2-11(3-5-12)8-9-17/h2-7,10,17H,8-9H2,1H3. The van der Waals surface area contributed by atoms with Crippen molar-refractivity contribution in [2.24, 2.45) is 0 Å². The van der Waals surface area contributed by atoms with E-state index in [1.54, 1.807) is 6.07 Å². The van der Waals surface area contributed by atoms with E-state index in [1.165, 1.54) is 13.2 Å². The molecule has 94 valence electrons. The van der Waals surface area contributed by atoms with Crippen molar-refractivity contribution in [2.75, 3.05) is 13.7 Å². The van der Waals surface area contributed by atoms with Crippen molar-refractivity contribution < 1.29 is 14.2 Å². The van der Waals surface area contributed by atoms with Gasteiger partial charge in [0.1, 0.15) is 0 Å². The lowest BCUT2D eigenvalue weighted by Gasteiger charge is -2.06. The molecule has 0 aliphatic heterocycles. The van der Waals surface area contributed by atoms with E-state index in [2.05, 4.69) is 0 Å². The van der Waals surface area contributed by atoms with Gasteiger partial charge in [-0.05, 0) is 35.2 Å². The summed E-state index contributed by atoms with van der Waals surface area (Å²) in [5.41, 5.74) is 2.82. The van der Waals surface area contributed by atoms with Crippen molar-refractivity contribution in [1.82, 2.24) is 0 Å². The summed E-state index contributed by atoms with van der Waals surface area (Å²) in [7, 11) is 1.45. The number of aliphatic hydroxyl groups excluding tert-OH is 1. The van der Waals surface area contributed by atoms with Crippen LogP contribution in [0.15, 0.2) is 42.5 Å². The van der Waals surface area contributed by atoms with E-state index in [1.807, 2.05) is 30.3 Å². The first-order chi connectivity index (χ1) is 8.74. The highest BCUT2D eigenvalue weighted by Crippen LogP contribution is 2.25. The fourth-order valence-corrected chi connectivity index (χ4v) is 1.84. The summed E-state index contributed by atoms with van der Waals surface area (Å²) in [6, 6.07) is 12.6. The molecule has 2 rings (SSSR count). The van der Waals surface area contributed by atoms with Crippen LogP contribution in [-0.2, 0) is 6.42 Å². The van der Waals surface area contributed by atoms with E-state index in [4.69, 9.17) is 9.84 Å². The van der Waals surface area contributed by atoms with Crippen LogP contribution >= 0.6 is 0 Å². The van der Waals surface area contributed by atoms with Gasteiger partial charge in [-0.2, -0.15) is 0 Å². The molecule has 0 saturated heterocycles. The maximum Gasteiger partial charge on any atom is 0.165 e. The van der Waals surface area contributed by atoms with E-state index < -0.39 is 0 Å². The van der Waals surface area contributed by atoms with Gasteiger partial charge >= 0.3 is 0 Å². The second-order valence-electron chi connectivity index (χ2n) is 4.02. The molecule has 0 bridgehead atoms. The summed E-state index contributed by atoms with van der Waals surface area (Å²) >= 11 is 0. The van der Waals surface area contributed by atoms with E-state index in [9.17, 15) is 4.39 Å². The van der Waals surface area contributed by atoms with Crippen molar-refractivity contribution in [2.45, 2.75) is 6.42 Å². The SMILES string of the molecule is COc1ccc(-c2ccc(CCO)cc2)cc1F. The molecular weight excluding hydrogens is 231 g/mol. The highest BCUT2D eigenvalue weighted by molar-refractivity contribution is 5.64. The Bertz CT molecular complexity index is 521. The van der Waals surface area contributed by atoms with Gasteiger partial charge in [-0.1, -0.05) is 30.3 Å². The molecule has 3 heteroatoms. The van der Waals surface area contributed by atoms with Crippen LogP contribution in [-0.4, -0.2) is 18.8 Å². The third-order valence-electron chi connectivity index (χ3n) is 2.84. The molecule has 0 amide bonds. The molecule has 2 aromatic carbocycles. The predicted molar refractivity (Wildman–Crippen MR) is 69.2 cm³/mol. The Hall–Kier alpha value is -1.87. The summed E-state index contributed by atoms with van der Waals surface area (Å²) in [6.07, 6.45) is 0.636. The Morgan fingerprint density at radius 1 is 1.06 bits per heavy atom. The highest BCUT2D eigenvalue weighted by atomic mass is 19.1. The molecule has 0 aliphatic rings. The third kappa shape index (κ3) is 2.68. The minimum absolute atomic E-state index is 0.135. The van der Waals surface area contributed by atoms with Crippen molar-refractivity contribution in [3.63, 3.8) is 0 Å². The van der Waals surface area contributed by atoms with Crippen LogP contribution in [0.4, 0.5) is 4.39 Å². The first-order valence-electron chi connectivity index (χ1n) is 5.78. The topological polar surface area (TPSA) is 29.5 Å². The van der Waals surface area contributed by atoms with Gasteiger partial charge in [0, 0.05) is 6.61 Å². The minimum Gasteiger partial charge on any atom is -0.494 e. The second-order valence-corrected chi connectivity index (χ2v) is 4.02. The van der Waals surface area contributed by atoms with Crippen LogP contribution in [0.2, 0.25) is 0 Å². The summed E-state index contributed by atoms with van der Waals surface area (Å²) in [5, 5.41) is 8.84. The van der Waals surface area contributed by atoms with E-state index in [0.717, 1.165) is 16.7 Å². The Morgan fingerprint density at radius 2 is 1.72 bits per heavy atom. The average molecular weight is 246 g/mol. The van der Waals surface area contributed by atoms with E-state index >= 15 is 0 Å². The molecular formula is C15H15FO2. The molecule has 0 aliphatic carbocycles. The van der Waals surface area contributed by atoms with Gasteiger partial charge in [-0.3, -0.25) is 0 Å². The molecule has 18 heavy (non-hydrogen) atoms. The number of ether oxygens (including phenoxy) is 1. The Balaban J connectivity index is 2.28. The number of benzene rings is 2. The number of hydrogen-bond donors (Lipinski definition) is 1. The average Bonchev–Trinajstić information content (AvgIpc) is 2.40. The minimum atomic E-state index is -0.366. The van der Waals surface area contributed by atoms with Crippen LogP contribution in [0.5, 0.6) is 5.75 Å². The molecule has 0 fully saturated rings. The van der Waals surface area contributed by atoms with Crippen LogP contribution in [0.1, 0.15) is 5.56 Å². The van der Waals surface area contributed by atoms with Crippen LogP contribution < -0.4 is 4.74 Å². The normalized spacial score (nSPS) is 10.4. The molecule has 1 N–H and O–H groups in total. The molecule has 0 aromatic heterocycles. The first-order valence-corrected chi connectivity index (χ1v) is 5.78. The van der Waals surface area contributed by atoms with Crippen molar-refractivity contribution in [1.29, 1.82) is 0 Å². The Labute approximate surface area is 106 Å². The number of aliphatic hydroxyl groups is 1. The Morgan fingerprint density at radius 3 is 2.28 bits per heavy atom. The lowest BCUT2D eigenvalue weighted by atomic mass is 10.0. The number of hydrogen-bond acceptors (Lipinski definition) is 2. The van der Waals surface area contributed by atoms with Gasteiger partial charge in [0.05, 0.1) is 7.11 Å². The molecule has 2 nitrogen and oxygen atoms in total. The number of rotatable bonds is 4. The summed E-state index contributed by atoms with van der Waals surface area (Å²) in [4.78, 5) is 0. The van der Waals surface area contributed by atoms with Gasteiger partial charge < -0.3 is 9.84 Å². The Kier molecular flexibility index (Phi) is 3.95. The predicted octanol–water partition coefficient (Wildman–Crippen LogP) is 3.04. The molecule has 0 spiro atoms.